The van der Waals surface area contributed by atoms with Crippen LogP contribution >= 0.6 is 0 Å². The second-order valence-corrected chi connectivity index (χ2v) is 14.0. The second-order valence-electron chi connectivity index (χ2n) is 14.0. The van der Waals surface area contributed by atoms with E-state index < -0.39 is 0 Å². The van der Waals surface area contributed by atoms with Crippen molar-refractivity contribution < 1.29 is 0 Å². The molecule has 0 N–H and O–H groups in total. The van der Waals surface area contributed by atoms with Gasteiger partial charge in [-0.3, -0.25) is 0 Å². The lowest BCUT2D eigenvalue weighted by atomic mass is 9.71. The van der Waals surface area contributed by atoms with Gasteiger partial charge in [-0.25, -0.2) is 0 Å². The maximum absolute atomic E-state index is 2.53. The molecule has 0 bridgehead atoms. The molecule has 33 heavy (non-hydrogen) atoms. The van der Waals surface area contributed by atoms with E-state index in [2.05, 4.69) is 119 Å². The Hall–Kier alpha value is -2.08. The Kier molecular flexibility index (Phi) is 5.44. The number of allylic oxidation sites excluding steroid dienone is 4. The Labute approximate surface area is 203 Å². The molecule has 2 aliphatic rings. The maximum Gasteiger partial charge on any atom is 0.0115 e. The molecular formula is C33H44. The molecule has 0 saturated heterocycles. The van der Waals surface area contributed by atoms with E-state index in [1.807, 2.05) is 0 Å². The normalized spacial score (nSPS) is 16.5. The van der Waals surface area contributed by atoms with Gasteiger partial charge < -0.3 is 0 Å². The van der Waals surface area contributed by atoms with Crippen LogP contribution in [0.5, 0.6) is 0 Å². The van der Waals surface area contributed by atoms with Crippen LogP contribution in [0.1, 0.15) is 110 Å². The van der Waals surface area contributed by atoms with Gasteiger partial charge in [0.05, 0.1) is 0 Å². The molecule has 0 atom stereocenters. The molecule has 2 aromatic rings. The lowest BCUT2D eigenvalue weighted by Gasteiger charge is -2.32. The lowest BCUT2D eigenvalue weighted by molar-refractivity contribution is 0.517. The summed E-state index contributed by atoms with van der Waals surface area (Å²) in [6, 6.07) is 12.2. The predicted molar refractivity (Wildman–Crippen MR) is 145 cm³/mol. The van der Waals surface area contributed by atoms with Gasteiger partial charge in [-0.1, -0.05) is 124 Å². The topological polar surface area (TPSA) is 0 Å². The van der Waals surface area contributed by atoms with Gasteiger partial charge >= 0.3 is 0 Å². The van der Waals surface area contributed by atoms with Gasteiger partial charge in [0.2, 0.25) is 0 Å². The van der Waals surface area contributed by atoms with Crippen LogP contribution < -0.4 is 0 Å². The molecular weight excluding hydrogens is 396 g/mol. The number of rotatable bonds is 2. The first kappa shape index (κ1) is 24.1. The number of hydrogen-bond acceptors (Lipinski definition) is 0. The first-order chi connectivity index (χ1) is 15.0. The van der Waals surface area contributed by atoms with Crippen LogP contribution in [0.25, 0.3) is 11.1 Å². The molecule has 0 spiro atoms. The molecule has 4 rings (SSSR count). The maximum atomic E-state index is 2.53. The predicted octanol–water partition coefficient (Wildman–Crippen LogP) is 9.43. The van der Waals surface area contributed by atoms with E-state index in [0.717, 1.165) is 12.8 Å². The average molecular weight is 441 g/mol. The fourth-order valence-corrected chi connectivity index (χ4v) is 5.39. The SMILES string of the molecule is CC(C)(C)C1=CCC(C(C)(C)c2cc(C(C)(C)C)cc3c2Cc2ccc(C(C)(C)C)cc2-3)=C1. The Bertz CT molecular complexity index is 1160. The third kappa shape index (κ3) is 4.27. The van der Waals surface area contributed by atoms with Crippen molar-refractivity contribution >= 4 is 0 Å². The van der Waals surface area contributed by atoms with E-state index >= 15 is 0 Å². The van der Waals surface area contributed by atoms with Crippen LogP contribution in [0.2, 0.25) is 0 Å². The molecule has 2 aromatic carbocycles. The fourth-order valence-electron chi connectivity index (χ4n) is 5.39. The molecule has 0 heterocycles. The summed E-state index contributed by atoms with van der Waals surface area (Å²) in [6.45, 7) is 25.9. The third-order valence-corrected chi connectivity index (χ3v) is 7.96. The smallest absolute Gasteiger partial charge is 0.0115 e. The van der Waals surface area contributed by atoms with Crippen molar-refractivity contribution in [3.63, 3.8) is 0 Å². The van der Waals surface area contributed by atoms with Crippen LogP contribution in [0.4, 0.5) is 0 Å². The zero-order valence-corrected chi connectivity index (χ0v) is 23.0. The summed E-state index contributed by atoms with van der Waals surface area (Å²) in [5.41, 5.74) is 13.8. The van der Waals surface area contributed by atoms with Gasteiger partial charge in [0.15, 0.2) is 0 Å². The molecule has 0 fully saturated rings. The number of hydrogen-bond donors (Lipinski definition) is 0. The van der Waals surface area contributed by atoms with Crippen molar-refractivity contribution in [3.8, 4) is 11.1 Å². The van der Waals surface area contributed by atoms with Crippen molar-refractivity contribution in [2.24, 2.45) is 5.41 Å². The highest BCUT2D eigenvalue weighted by atomic mass is 14.4. The van der Waals surface area contributed by atoms with Gasteiger partial charge in [0.25, 0.3) is 0 Å². The van der Waals surface area contributed by atoms with E-state index in [1.54, 1.807) is 11.1 Å². The van der Waals surface area contributed by atoms with Crippen LogP contribution in [0.3, 0.4) is 0 Å². The molecule has 0 amide bonds. The van der Waals surface area contributed by atoms with E-state index in [1.165, 1.54) is 39.0 Å². The second kappa shape index (κ2) is 7.46. The summed E-state index contributed by atoms with van der Waals surface area (Å²) in [7, 11) is 0. The van der Waals surface area contributed by atoms with E-state index in [4.69, 9.17) is 0 Å². The molecule has 0 unspecified atom stereocenters. The molecule has 0 saturated carbocycles. The largest absolute Gasteiger partial charge is 0.0767 e. The van der Waals surface area contributed by atoms with Crippen LogP contribution in [-0.4, -0.2) is 0 Å². The summed E-state index contributed by atoms with van der Waals surface area (Å²) in [5.74, 6) is 0. The standard InChI is InChI=1S/C33H44/c1-30(2,3)22-14-15-24(17-22)33(10,11)29-20-25(32(7,8)9)19-27-26-18-23(31(4,5)6)13-12-21(26)16-28(27)29/h12-14,17-20H,15-16H2,1-11H3. The highest BCUT2D eigenvalue weighted by Gasteiger charge is 2.35. The molecule has 0 nitrogen and oxygen atoms in total. The van der Waals surface area contributed by atoms with Gasteiger partial charge in [0.1, 0.15) is 0 Å². The van der Waals surface area contributed by atoms with Crippen molar-refractivity contribution in [1.29, 1.82) is 0 Å². The fraction of sp³-hybridized carbons (Fsp3) is 0.515. The zero-order chi connectivity index (χ0) is 24.6. The molecule has 0 aliphatic heterocycles. The monoisotopic (exact) mass is 440 g/mol. The Morgan fingerprint density at radius 2 is 1.24 bits per heavy atom. The summed E-state index contributed by atoms with van der Waals surface area (Å²) in [6.07, 6.45) is 7.06. The first-order valence-corrected chi connectivity index (χ1v) is 12.7. The van der Waals surface area contributed by atoms with Crippen molar-refractivity contribution in [2.45, 2.75) is 105 Å². The Balaban J connectivity index is 1.91. The van der Waals surface area contributed by atoms with E-state index in [9.17, 15) is 0 Å². The molecule has 0 aromatic heterocycles. The van der Waals surface area contributed by atoms with Crippen LogP contribution in [0, 0.1) is 5.41 Å². The third-order valence-electron chi connectivity index (χ3n) is 7.96. The summed E-state index contributed by atoms with van der Waals surface area (Å²) in [4.78, 5) is 0. The molecule has 0 radical (unpaired) electrons. The molecule has 0 heteroatoms. The van der Waals surface area contributed by atoms with Gasteiger partial charge in [-0.05, 0) is 73.6 Å². The average Bonchev–Trinajstić information content (AvgIpc) is 3.30. The Morgan fingerprint density at radius 3 is 1.79 bits per heavy atom. The summed E-state index contributed by atoms with van der Waals surface area (Å²) >= 11 is 0. The summed E-state index contributed by atoms with van der Waals surface area (Å²) < 4.78 is 0. The molecule has 2 aliphatic carbocycles. The highest BCUT2D eigenvalue weighted by molar-refractivity contribution is 5.80. The zero-order valence-electron chi connectivity index (χ0n) is 23.0. The minimum Gasteiger partial charge on any atom is -0.0767 e. The minimum atomic E-state index is 0.00371. The minimum absolute atomic E-state index is 0.00371. The quantitative estimate of drug-likeness (QED) is 0.372. The first-order valence-electron chi connectivity index (χ1n) is 12.7. The molecule has 176 valence electrons. The van der Waals surface area contributed by atoms with Crippen LogP contribution in [0.15, 0.2) is 53.6 Å². The number of fused-ring (bicyclic) bond motifs is 3. The van der Waals surface area contributed by atoms with Crippen molar-refractivity contribution in [3.05, 3.63) is 81.4 Å². The van der Waals surface area contributed by atoms with Gasteiger partial charge in [-0.15, -0.1) is 0 Å². The van der Waals surface area contributed by atoms with E-state index in [-0.39, 0.29) is 21.7 Å². The van der Waals surface area contributed by atoms with E-state index in [0.29, 0.717) is 0 Å². The van der Waals surface area contributed by atoms with Gasteiger partial charge in [-0.2, -0.15) is 0 Å². The Morgan fingerprint density at radius 1 is 0.636 bits per heavy atom. The lowest BCUT2D eigenvalue weighted by Crippen LogP contribution is -2.23. The summed E-state index contributed by atoms with van der Waals surface area (Å²) in [5, 5.41) is 0. The van der Waals surface area contributed by atoms with Crippen molar-refractivity contribution in [2.75, 3.05) is 0 Å². The van der Waals surface area contributed by atoms with Gasteiger partial charge in [0, 0.05) is 5.41 Å². The van der Waals surface area contributed by atoms with Crippen LogP contribution in [-0.2, 0) is 22.7 Å². The highest BCUT2D eigenvalue weighted by Crippen LogP contribution is 2.49. The number of benzene rings is 2. The van der Waals surface area contributed by atoms with Crippen molar-refractivity contribution in [1.82, 2.24) is 0 Å².